The summed E-state index contributed by atoms with van der Waals surface area (Å²) in [5.41, 5.74) is -0.520. The number of anilines is 1. The fourth-order valence-corrected chi connectivity index (χ4v) is 2.80. The Kier molecular flexibility index (Phi) is 5.17. The van der Waals surface area contributed by atoms with Crippen LogP contribution in [0.25, 0.3) is 0 Å². The minimum absolute atomic E-state index is 0.0659. The molecule has 0 aliphatic carbocycles. The summed E-state index contributed by atoms with van der Waals surface area (Å²) in [5, 5.41) is 11.7. The van der Waals surface area contributed by atoms with E-state index < -0.39 is 29.7 Å². The Labute approximate surface area is 137 Å². The van der Waals surface area contributed by atoms with Gasteiger partial charge in [-0.2, -0.15) is 13.2 Å². The van der Waals surface area contributed by atoms with Crippen LogP contribution in [0.2, 0.25) is 0 Å². The van der Waals surface area contributed by atoms with E-state index >= 15 is 0 Å². The van der Waals surface area contributed by atoms with Gasteiger partial charge in [-0.25, -0.2) is 0 Å². The van der Waals surface area contributed by atoms with Crippen LogP contribution >= 0.6 is 0 Å². The molecule has 8 heteroatoms. The van der Waals surface area contributed by atoms with Gasteiger partial charge in [0, 0.05) is 18.8 Å². The van der Waals surface area contributed by atoms with Gasteiger partial charge in [0.25, 0.3) is 0 Å². The zero-order valence-electron chi connectivity index (χ0n) is 13.3. The summed E-state index contributed by atoms with van der Waals surface area (Å²) in [6.45, 7) is 4.23. The highest BCUT2D eigenvalue weighted by Gasteiger charge is 2.38. The number of halogens is 3. The first-order valence-electron chi connectivity index (χ1n) is 7.54. The number of hydrogen-bond acceptors (Lipinski definition) is 3. The summed E-state index contributed by atoms with van der Waals surface area (Å²) in [6.07, 6.45) is -4.42. The van der Waals surface area contributed by atoms with E-state index in [0.29, 0.717) is 6.54 Å². The third-order valence-electron chi connectivity index (χ3n) is 4.36. The molecule has 24 heavy (non-hydrogen) atoms. The van der Waals surface area contributed by atoms with Crippen molar-refractivity contribution >= 4 is 17.6 Å². The molecule has 1 unspecified atom stereocenters. The molecule has 1 fully saturated rings. The largest absolute Gasteiger partial charge is 0.481 e. The number of amides is 1. The first-order chi connectivity index (χ1) is 11.1. The van der Waals surface area contributed by atoms with Crippen molar-refractivity contribution in [3.63, 3.8) is 0 Å². The smallest absolute Gasteiger partial charge is 0.416 e. The van der Waals surface area contributed by atoms with Crippen LogP contribution in [-0.4, -0.2) is 41.0 Å². The predicted octanol–water partition coefficient (Wildman–Crippen LogP) is 2.68. The second-order valence-corrected chi connectivity index (χ2v) is 6.12. The van der Waals surface area contributed by atoms with Crippen LogP contribution in [0.4, 0.5) is 18.9 Å². The number of carbonyl (C=O) groups is 2. The lowest BCUT2D eigenvalue weighted by Crippen LogP contribution is -2.41. The second-order valence-electron chi connectivity index (χ2n) is 6.12. The number of carbonyl (C=O) groups excluding carboxylic acids is 1. The van der Waals surface area contributed by atoms with Crippen molar-refractivity contribution in [1.29, 1.82) is 0 Å². The van der Waals surface area contributed by atoms with Crippen LogP contribution in [0.1, 0.15) is 19.4 Å². The molecular formula is C16H19F3N2O3. The molecule has 1 heterocycles. The average molecular weight is 344 g/mol. The monoisotopic (exact) mass is 344 g/mol. The molecule has 1 amide bonds. The third-order valence-corrected chi connectivity index (χ3v) is 4.36. The maximum Gasteiger partial charge on any atom is 0.416 e. The molecule has 132 valence electrons. The molecule has 0 spiro atoms. The lowest BCUT2D eigenvalue weighted by atomic mass is 9.99. The van der Waals surface area contributed by atoms with E-state index in [1.54, 1.807) is 11.8 Å². The van der Waals surface area contributed by atoms with Gasteiger partial charge in [0.15, 0.2) is 0 Å². The molecule has 3 atom stereocenters. The van der Waals surface area contributed by atoms with Gasteiger partial charge in [-0.05, 0) is 37.1 Å². The first kappa shape index (κ1) is 18.3. The maximum absolute atomic E-state index is 12.5. The molecule has 1 aliphatic heterocycles. The van der Waals surface area contributed by atoms with Crippen LogP contribution in [0.3, 0.4) is 0 Å². The Bertz CT molecular complexity index is 616. The predicted molar refractivity (Wildman–Crippen MR) is 81.4 cm³/mol. The van der Waals surface area contributed by atoms with E-state index in [-0.39, 0.29) is 24.1 Å². The van der Waals surface area contributed by atoms with Gasteiger partial charge in [0.1, 0.15) is 0 Å². The van der Waals surface area contributed by atoms with Gasteiger partial charge >= 0.3 is 12.1 Å². The quantitative estimate of drug-likeness (QED) is 0.881. The van der Waals surface area contributed by atoms with Crippen LogP contribution < -0.4 is 5.32 Å². The van der Waals surface area contributed by atoms with E-state index in [9.17, 15) is 22.8 Å². The lowest BCUT2D eigenvalue weighted by molar-refractivity contribution is -0.142. The molecule has 0 aromatic heterocycles. The van der Waals surface area contributed by atoms with E-state index in [4.69, 9.17) is 5.11 Å². The van der Waals surface area contributed by atoms with Crippen LogP contribution in [-0.2, 0) is 15.8 Å². The van der Waals surface area contributed by atoms with Crippen molar-refractivity contribution < 1.29 is 27.9 Å². The number of likely N-dealkylation sites (tertiary alicyclic amines) is 1. The first-order valence-corrected chi connectivity index (χ1v) is 7.54. The Morgan fingerprint density at radius 3 is 2.29 bits per heavy atom. The van der Waals surface area contributed by atoms with Crippen molar-refractivity contribution in [1.82, 2.24) is 4.90 Å². The standard InChI is InChI=1S/C16H19F3N2O3/c1-9-7-21(8-13(9)15(23)24)10(2)14(22)20-12-5-3-11(4-6-12)16(17,18)19/h3-6,9-10,13H,7-8H2,1-2H3,(H,20,22)(H,23,24)/t9-,10?,13-/m1/s1. The number of nitrogens with zero attached hydrogens (tertiary/aromatic N) is 1. The summed E-state index contributed by atoms with van der Waals surface area (Å²) in [6, 6.07) is 3.62. The molecule has 1 aromatic rings. The number of benzene rings is 1. The number of carboxylic acid groups (broad SMARTS) is 1. The van der Waals surface area contributed by atoms with Gasteiger partial charge < -0.3 is 10.4 Å². The van der Waals surface area contributed by atoms with E-state index in [1.165, 1.54) is 12.1 Å². The van der Waals surface area contributed by atoms with Gasteiger partial charge in [-0.15, -0.1) is 0 Å². The summed E-state index contributed by atoms with van der Waals surface area (Å²) in [4.78, 5) is 25.1. The normalized spacial score (nSPS) is 23.0. The average Bonchev–Trinajstić information content (AvgIpc) is 2.88. The molecule has 1 aromatic carbocycles. The minimum Gasteiger partial charge on any atom is -0.481 e. The molecule has 2 N–H and O–H groups in total. The van der Waals surface area contributed by atoms with E-state index in [0.717, 1.165) is 12.1 Å². The SMILES string of the molecule is CC(C(=O)Nc1ccc(C(F)(F)F)cc1)N1C[C@@H](C)[C@H](C(=O)O)C1. The fourth-order valence-electron chi connectivity index (χ4n) is 2.80. The summed E-state index contributed by atoms with van der Waals surface area (Å²) >= 11 is 0. The summed E-state index contributed by atoms with van der Waals surface area (Å²) < 4.78 is 37.5. The Balaban J connectivity index is 1.98. The van der Waals surface area contributed by atoms with E-state index in [2.05, 4.69) is 5.32 Å². The van der Waals surface area contributed by atoms with Gasteiger partial charge in [0.2, 0.25) is 5.91 Å². The molecule has 0 radical (unpaired) electrons. The van der Waals surface area contributed by atoms with Crippen molar-refractivity contribution in [2.45, 2.75) is 26.1 Å². The summed E-state index contributed by atoms with van der Waals surface area (Å²) in [7, 11) is 0. The fraction of sp³-hybridized carbons (Fsp3) is 0.500. The Morgan fingerprint density at radius 1 is 1.25 bits per heavy atom. The molecule has 2 rings (SSSR count). The Morgan fingerprint density at radius 2 is 1.83 bits per heavy atom. The topological polar surface area (TPSA) is 69.6 Å². The highest BCUT2D eigenvalue weighted by molar-refractivity contribution is 5.94. The number of aliphatic carboxylic acids is 1. The molecule has 1 saturated heterocycles. The molecule has 0 bridgehead atoms. The zero-order valence-corrected chi connectivity index (χ0v) is 13.3. The summed E-state index contributed by atoms with van der Waals surface area (Å²) in [5.74, 6) is -1.86. The number of carboxylic acids is 1. The third kappa shape index (κ3) is 4.05. The van der Waals surface area contributed by atoms with Crippen molar-refractivity contribution in [2.24, 2.45) is 11.8 Å². The van der Waals surface area contributed by atoms with Crippen molar-refractivity contribution in [2.75, 3.05) is 18.4 Å². The van der Waals surface area contributed by atoms with Gasteiger partial charge in [0.05, 0.1) is 17.5 Å². The molecular weight excluding hydrogens is 325 g/mol. The van der Waals surface area contributed by atoms with Crippen LogP contribution in [0.15, 0.2) is 24.3 Å². The highest BCUT2D eigenvalue weighted by atomic mass is 19.4. The minimum atomic E-state index is -4.42. The maximum atomic E-state index is 12.5. The number of hydrogen-bond donors (Lipinski definition) is 2. The van der Waals surface area contributed by atoms with Gasteiger partial charge in [-0.1, -0.05) is 6.92 Å². The van der Waals surface area contributed by atoms with Crippen LogP contribution in [0, 0.1) is 11.8 Å². The molecule has 5 nitrogen and oxygen atoms in total. The van der Waals surface area contributed by atoms with E-state index in [1.807, 2.05) is 6.92 Å². The number of alkyl halides is 3. The number of rotatable bonds is 4. The number of nitrogens with one attached hydrogen (secondary N) is 1. The molecule has 0 saturated carbocycles. The van der Waals surface area contributed by atoms with Crippen molar-refractivity contribution in [3.8, 4) is 0 Å². The second kappa shape index (κ2) is 6.80. The van der Waals surface area contributed by atoms with Gasteiger partial charge in [-0.3, -0.25) is 14.5 Å². The zero-order chi connectivity index (χ0) is 18.1. The molecule has 1 aliphatic rings. The lowest BCUT2D eigenvalue weighted by Gasteiger charge is -2.23. The van der Waals surface area contributed by atoms with Crippen molar-refractivity contribution in [3.05, 3.63) is 29.8 Å². The van der Waals surface area contributed by atoms with Crippen LogP contribution in [0.5, 0.6) is 0 Å². The Hall–Kier alpha value is -2.09. The highest BCUT2D eigenvalue weighted by Crippen LogP contribution is 2.30.